The van der Waals surface area contributed by atoms with E-state index < -0.39 is 43.2 Å². The van der Waals surface area contributed by atoms with E-state index in [-0.39, 0.29) is 22.2 Å². The zero-order valence-electron chi connectivity index (χ0n) is 19.6. The molecule has 0 aliphatic rings. The SMILES string of the molecule is CS(=O)(=O)NC(=O)c1cc(S(=O)(=O)c2ccc(CCNC[C@H](O)c3cccc(Cl)c3)cc2)ccc1O.Cl. The van der Waals surface area contributed by atoms with Crippen molar-refractivity contribution in [2.24, 2.45) is 0 Å². The predicted molar refractivity (Wildman–Crippen MR) is 143 cm³/mol. The van der Waals surface area contributed by atoms with Gasteiger partial charge in [-0.15, -0.1) is 12.4 Å². The third-order valence-electron chi connectivity index (χ3n) is 5.20. The van der Waals surface area contributed by atoms with Crippen molar-refractivity contribution >= 4 is 49.8 Å². The normalized spacial score (nSPS) is 12.4. The summed E-state index contributed by atoms with van der Waals surface area (Å²) in [6.45, 7) is 0.864. The number of aliphatic hydroxyl groups is 1. The molecule has 0 bridgehead atoms. The summed E-state index contributed by atoms with van der Waals surface area (Å²) in [6.07, 6.45) is 0.629. The average Bonchev–Trinajstić information content (AvgIpc) is 2.81. The average molecular weight is 590 g/mol. The van der Waals surface area contributed by atoms with Gasteiger partial charge in [0.15, 0.2) is 0 Å². The summed E-state index contributed by atoms with van der Waals surface area (Å²) in [5.74, 6) is -1.70. The van der Waals surface area contributed by atoms with Gasteiger partial charge in [-0.05, 0) is 66.6 Å². The molecule has 13 heteroatoms. The maximum atomic E-state index is 13.0. The molecule has 3 rings (SSSR count). The number of nitrogens with one attached hydrogen (secondary N) is 2. The molecule has 0 radical (unpaired) electrons. The topological polar surface area (TPSA) is 150 Å². The molecule has 0 spiro atoms. The fourth-order valence-electron chi connectivity index (χ4n) is 3.36. The lowest BCUT2D eigenvalue weighted by Gasteiger charge is -2.13. The molecule has 0 saturated carbocycles. The summed E-state index contributed by atoms with van der Waals surface area (Å²) in [5, 5.41) is 23.8. The molecule has 3 aromatic carbocycles. The molecule has 0 aromatic heterocycles. The number of hydrogen-bond acceptors (Lipinski definition) is 8. The fourth-order valence-corrected chi connectivity index (χ4v) is 5.29. The van der Waals surface area contributed by atoms with Crippen LogP contribution in [-0.2, 0) is 26.3 Å². The Labute approximate surface area is 226 Å². The molecule has 0 aliphatic carbocycles. The van der Waals surface area contributed by atoms with E-state index in [1.54, 1.807) is 41.1 Å². The second-order valence-electron chi connectivity index (χ2n) is 8.05. The van der Waals surface area contributed by atoms with Gasteiger partial charge in [0.25, 0.3) is 5.91 Å². The lowest BCUT2D eigenvalue weighted by atomic mass is 10.1. The van der Waals surface area contributed by atoms with Crippen LogP contribution in [-0.4, -0.2) is 52.3 Å². The van der Waals surface area contributed by atoms with Gasteiger partial charge in [0, 0.05) is 11.6 Å². The Morgan fingerprint density at radius 1 is 0.973 bits per heavy atom. The van der Waals surface area contributed by atoms with Crippen molar-refractivity contribution in [2.45, 2.75) is 22.3 Å². The Bertz CT molecular complexity index is 1460. The van der Waals surface area contributed by atoms with Crippen LogP contribution in [0.4, 0.5) is 0 Å². The van der Waals surface area contributed by atoms with Gasteiger partial charge in [-0.25, -0.2) is 21.6 Å². The number of phenolic OH excluding ortho intramolecular Hbond substituents is 1. The number of halogens is 2. The zero-order chi connectivity index (χ0) is 26.5. The standard InChI is InChI=1S/C24H25ClN2O7S2.ClH/c1-35(31,32)27-24(30)21-14-20(9-10-22(21)28)36(33,34)19-7-5-16(6-8-19)11-12-26-15-23(29)17-3-2-4-18(25)13-17;/h2-10,13-14,23,26,28-29H,11-12,15H2,1H3,(H,27,30);1H/t23-;/m0./s1. The van der Waals surface area contributed by atoms with E-state index in [1.807, 2.05) is 0 Å². The van der Waals surface area contributed by atoms with Gasteiger partial charge < -0.3 is 15.5 Å². The van der Waals surface area contributed by atoms with Crippen LogP contribution >= 0.6 is 24.0 Å². The van der Waals surface area contributed by atoms with E-state index in [0.29, 0.717) is 30.1 Å². The molecule has 1 atom stereocenters. The molecule has 200 valence electrons. The number of phenols is 1. The van der Waals surface area contributed by atoms with Crippen LogP contribution in [0.1, 0.15) is 27.6 Å². The molecule has 1 amide bonds. The maximum Gasteiger partial charge on any atom is 0.268 e. The Hall–Kier alpha value is -2.67. The van der Waals surface area contributed by atoms with Gasteiger partial charge in [0.05, 0.1) is 27.7 Å². The summed E-state index contributed by atoms with van der Waals surface area (Å²) in [6, 6.07) is 16.2. The van der Waals surface area contributed by atoms with Crippen LogP contribution in [0.5, 0.6) is 5.75 Å². The largest absolute Gasteiger partial charge is 0.507 e. The highest BCUT2D eigenvalue weighted by molar-refractivity contribution is 7.91. The van der Waals surface area contributed by atoms with E-state index in [2.05, 4.69) is 5.32 Å². The quantitative estimate of drug-likeness (QED) is 0.264. The highest BCUT2D eigenvalue weighted by Gasteiger charge is 2.22. The summed E-state index contributed by atoms with van der Waals surface area (Å²) in [7, 11) is -7.95. The van der Waals surface area contributed by atoms with Crippen molar-refractivity contribution < 1.29 is 31.8 Å². The van der Waals surface area contributed by atoms with E-state index >= 15 is 0 Å². The van der Waals surface area contributed by atoms with Crippen molar-refractivity contribution in [3.05, 3.63) is 88.4 Å². The molecule has 0 unspecified atom stereocenters. The summed E-state index contributed by atoms with van der Waals surface area (Å²) in [4.78, 5) is 11.8. The number of hydrogen-bond donors (Lipinski definition) is 4. The zero-order valence-corrected chi connectivity index (χ0v) is 22.8. The first-order chi connectivity index (χ1) is 16.9. The smallest absolute Gasteiger partial charge is 0.268 e. The van der Waals surface area contributed by atoms with E-state index in [9.17, 15) is 31.8 Å². The van der Waals surface area contributed by atoms with Gasteiger partial charge in [-0.2, -0.15) is 0 Å². The number of carbonyl (C=O) groups is 1. The van der Waals surface area contributed by atoms with E-state index in [0.717, 1.165) is 30.0 Å². The number of sulfonamides is 1. The Morgan fingerprint density at radius 2 is 1.62 bits per heavy atom. The summed E-state index contributed by atoms with van der Waals surface area (Å²) < 4.78 is 50.4. The minimum absolute atomic E-state index is 0. The molecular formula is C24H26Cl2N2O7S2. The molecule has 4 N–H and O–H groups in total. The molecule has 3 aromatic rings. The van der Waals surface area contributed by atoms with Crippen LogP contribution in [0.25, 0.3) is 0 Å². The lowest BCUT2D eigenvalue weighted by Crippen LogP contribution is -2.29. The van der Waals surface area contributed by atoms with Crippen molar-refractivity contribution in [1.82, 2.24) is 10.0 Å². The highest BCUT2D eigenvalue weighted by atomic mass is 35.5. The number of aliphatic hydroxyl groups excluding tert-OH is 1. The first-order valence-electron chi connectivity index (χ1n) is 10.7. The monoisotopic (exact) mass is 588 g/mol. The van der Waals surface area contributed by atoms with E-state index in [4.69, 9.17) is 11.6 Å². The van der Waals surface area contributed by atoms with Gasteiger partial charge >= 0.3 is 0 Å². The first-order valence-corrected chi connectivity index (χ1v) is 14.5. The number of amides is 1. The maximum absolute atomic E-state index is 13.0. The Morgan fingerprint density at radius 3 is 2.24 bits per heavy atom. The second-order valence-corrected chi connectivity index (χ2v) is 12.2. The third kappa shape index (κ3) is 8.42. The van der Waals surface area contributed by atoms with Crippen LogP contribution in [0.3, 0.4) is 0 Å². The predicted octanol–water partition coefficient (Wildman–Crippen LogP) is 2.86. The van der Waals surface area contributed by atoms with Gasteiger partial charge in [-0.3, -0.25) is 4.79 Å². The van der Waals surface area contributed by atoms with Crippen LogP contribution in [0.15, 0.2) is 76.5 Å². The molecular weight excluding hydrogens is 563 g/mol. The van der Waals surface area contributed by atoms with Crippen molar-refractivity contribution in [3.63, 3.8) is 0 Å². The van der Waals surface area contributed by atoms with Crippen molar-refractivity contribution in [1.29, 1.82) is 0 Å². The number of sulfone groups is 1. The first kappa shape index (κ1) is 30.6. The molecule has 0 fully saturated rings. The van der Waals surface area contributed by atoms with Crippen LogP contribution in [0, 0.1) is 0 Å². The lowest BCUT2D eigenvalue weighted by molar-refractivity contribution is 0.0979. The molecule has 0 heterocycles. The van der Waals surface area contributed by atoms with Crippen LogP contribution < -0.4 is 10.0 Å². The number of rotatable bonds is 10. The van der Waals surface area contributed by atoms with Gasteiger partial charge in [0.2, 0.25) is 19.9 Å². The summed E-state index contributed by atoms with van der Waals surface area (Å²) in [5.41, 5.74) is 1.08. The van der Waals surface area contributed by atoms with Crippen molar-refractivity contribution in [2.75, 3.05) is 19.3 Å². The molecule has 9 nitrogen and oxygen atoms in total. The van der Waals surface area contributed by atoms with Gasteiger partial charge in [0.1, 0.15) is 5.75 Å². The minimum atomic E-state index is -4.04. The summed E-state index contributed by atoms with van der Waals surface area (Å²) >= 11 is 5.94. The van der Waals surface area contributed by atoms with Crippen LogP contribution in [0.2, 0.25) is 5.02 Å². The third-order valence-corrected chi connectivity index (χ3v) is 7.75. The fraction of sp³-hybridized carbons (Fsp3) is 0.208. The number of carbonyl (C=O) groups excluding carboxylic acids is 1. The Kier molecular flexibility index (Phi) is 10.5. The molecule has 0 aliphatic heterocycles. The number of aromatic hydroxyl groups is 1. The number of benzene rings is 3. The Balaban J connectivity index is 0.00000481. The van der Waals surface area contributed by atoms with Crippen molar-refractivity contribution in [3.8, 4) is 5.75 Å². The van der Waals surface area contributed by atoms with Gasteiger partial charge in [-0.1, -0.05) is 35.9 Å². The highest BCUT2D eigenvalue weighted by Crippen LogP contribution is 2.26. The second kappa shape index (κ2) is 12.7. The molecule has 0 saturated heterocycles. The van der Waals surface area contributed by atoms with E-state index in [1.165, 1.54) is 12.1 Å². The minimum Gasteiger partial charge on any atom is -0.507 e. The molecule has 37 heavy (non-hydrogen) atoms.